The number of phenolic OH excluding ortho intramolecular Hbond substituents is 1. The number of rotatable bonds is 6. The summed E-state index contributed by atoms with van der Waals surface area (Å²) in [6, 6.07) is 22.9. The first kappa shape index (κ1) is 22.8. The van der Waals surface area contributed by atoms with Gasteiger partial charge in [0.05, 0.1) is 0 Å². The molecule has 0 amide bonds. The molecule has 0 spiro atoms. The van der Waals surface area contributed by atoms with Gasteiger partial charge in [0.2, 0.25) is 0 Å². The summed E-state index contributed by atoms with van der Waals surface area (Å²) >= 11 is 0. The topological polar surface area (TPSA) is 41.9 Å². The quantitative estimate of drug-likeness (QED) is 0.474. The van der Waals surface area contributed by atoms with E-state index < -0.39 is 5.60 Å². The van der Waals surface area contributed by atoms with Gasteiger partial charge in [-0.15, -0.1) is 0 Å². The Morgan fingerprint density at radius 3 is 2.32 bits per heavy atom. The van der Waals surface area contributed by atoms with Crippen LogP contribution in [0.2, 0.25) is 0 Å². The molecule has 2 atom stereocenters. The Balaban J connectivity index is 1.46. The van der Waals surface area contributed by atoms with Gasteiger partial charge in [-0.25, -0.2) is 0 Å². The number of fused-ring (bicyclic) bond motifs is 1. The number of likely N-dealkylation sites (tertiary alicyclic amines) is 1. The molecule has 1 fully saturated rings. The van der Waals surface area contributed by atoms with E-state index in [0.29, 0.717) is 0 Å². The molecular formula is C30H35NO3. The first-order chi connectivity index (χ1) is 16.4. The molecule has 3 aromatic rings. The molecule has 0 saturated carbocycles. The molecule has 0 bridgehead atoms. The van der Waals surface area contributed by atoms with Crippen molar-refractivity contribution in [1.29, 1.82) is 0 Å². The summed E-state index contributed by atoms with van der Waals surface area (Å²) in [5.74, 6) is 2.10. The lowest BCUT2D eigenvalue weighted by atomic mass is 9.68. The fraction of sp³-hybridized carbons (Fsp3) is 0.400. The lowest BCUT2D eigenvalue weighted by Gasteiger charge is -2.45. The normalized spacial score (nSPS) is 21.6. The summed E-state index contributed by atoms with van der Waals surface area (Å²) in [5.41, 5.74) is 4.37. The predicted molar refractivity (Wildman–Crippen MR) is 136 cm³/mol. The Hall–Kier alpha value is -2.98. The minimum Gasteiger partial charge on any atom is -0.508 e. The van der Waals surface area contributed by atoms with Gasteiger partial charge in [-0.3, -0.25) is 4.90 Å². The van der Waals surface area contributed by atoms with Gasteiger partial charge in [-0.1, -0.05) is 48.0 Å². The highest BCUT2D eigenvalue weighted by atomic mass is 16.5. The number of phenols is 1. The Labute approximate surface area is 203 Å². The van der Waals surface area contributed by atoms with E-state index >= 15 is 0 Å². The molecule has 3 aromatic carbocycles. The molecule has 178 valence electrons. The van der Waals surface area contributed by atoms with Gasteiger partial charge in [0.25, 0.3) is 0 Å². The summed E-state index contributed by atoms with van der Waals surface area (Å²) in [6.07, 6.45) is 2.61. The molecular weight excluding hydrogens is 422 g/mol. The second-order valence-electron chi connectivity index (χ2n) is 10.3. The predicted octanol–water partition coefficient (Wildman–Crippen LogP) is 6.26. The minimum absolute atomic E-state index is 0.0979. The number of benzene rings is 3. The van der Waals surface area contributed by atoms with Crippen LogP contribution in [0, 0.1) is 6.92 Å². The largest absolute Gasteiger partial charge is 0.508 e. The molecule has 2 aliphatic heterocycles. The van der Waals surface area contributed by atoms with E-state index in [1.165, 1.54) is 42.6 Å². The van der Waals surface area contributed by atoms with Crippen molar-refractivity contribution < 1.29 is 14.6 Å². The van der Waals surface area contributed by atoms with Crippen LogP contribution in [0.3, 0.4) is 0 Å². The zero-order valence-corrected chi connectivity index (χ0v) is 20.5. The molecule has 4 nitrogen and oxygen atoms in total. The van der Waals surface area contributed by atoms with Crippen molar-refractivity contribution in [2.45, 2.75) is 51.0 Å². The smallest absolute Gasteiger partial charge is 0.127 e. The summed E-state index contributed by atoms with van der Waals surface area (Å²) in [6.45, 7) is 10.5. The van der Waals surface area contributed by atoms with E-state index in [0.717, 1.165) is 30.2 Å². The zero-order chi connectivity index (χ0) is 23.7. The van der Waals surface area contributed by atoms with Crippen LogP contribution in [0.15, 0.2) is 66.7 Å². The number of ether oxygens (including phenoxy) is 2. The lowest BCUT2D eigenvalue weighted by molar-refractivity contribution is 0.0528. The van der Waals surface area contributed by atoms with Crippen LogP contribution >= 0.6 is 0 Å². The summed E-state index contributed by atoms with van der Waals surface area (Å²) in [7, 11) is 0. The molecule has 0 radical (unpaired) electrons. The first-order valence-corrected chi connectivity index (χ1v) is 12.4. The van der Waals surface area contributed by atoms with Gasteiger partial charge < -0.3 is 14.6 Å². The van der Waals surface area contributed by atoms with E-state index in [1.807, 2.05) is 6.07 Å². The molecule has 4 heteroatoms. The number of nitrogens with zero attached hydrogens (tertiary/aromatic N) is 1. The van der Waals surface area contributed by atoms with E-state index in [1.54, 1.807) is 12.1 Å². The minimum atomic E-state index is -0.453. The van der Waals surface area contributed by atoms with E-state index in [9.17, 15) is 5.11 Å². The number of hydrogen-bond acceptors (Lipinski definition) is 4. The lowest BCUT2D eigenvalue weighted by Crippen LogP contribution is -2.43. The summed E-state index contributed by atoms with van der Waals surface area (Å²) in [5, 5.41) is 10.1. The van der Waals surface area contributed by atoms with Crippen LogP contribution in [0.4, 0.5) is 0 Å². The summed E-state index contributed by atoms with van der Waals surface area (Å²) in [4.78, 5) is 2.47. The Morgan fingerprint density at radius 2 is 1.62 bits per heavy atom. The second-order valence-corrected chi connectivity index (χ2v) is 10.3. The second kappa shape index (κ2) is 9.34. The fourth-order valence-electron chi connectivity index (χ4n) is 5.61. The molecule has 0 aliphatic carbocycles. The molecule has 0 aromatic heterocycles. The Morgan fingerprint density at radius 1 is 0.941 bits per heavy atom. The Bertz CT molecular complexity index is 1110. The van der Waals surface area contributed by atoms with Gasteiger partial charge in [0.1, 0.15) is 29.5 Å². The van der Waals surface area contributed by atoms with Gasteiger partial charge in [0.15, 0.2) is 0 Å². The highest BCUT2D eigenvalue weighted by molar-refractivity contribution is 5.52. The molecule has 1 saturated heterocycles. The molecule has 34 heavy (non-hydrogen) atoms. The zero-order valence-electron chi connectivity index (χ0n) is 20.5. The van der Waals surface area contributed by atoms with Gasteiger partial charge in [-0.2, -0.15) is 0 Å². The van der Waals surface area contributed by atoms with Gasteiger partial charge >= 0.3 is 0 Å². The number of aryl methyl sites for hydroxylation is 1. The highest BCUT2D eigenvalue weighted by Gasteiger charge is 2.45. The third-order valence-electron chi connectivity index (χ3n) is 7.34. The SMILES string of the molecule is Cc1ccc([C@H]2[C@H](c3ccc(OCCN4CCCC4)cc3)c3ccc(O)cc3OC2(C)C)cc1. The molecule has 5 rings (SSSR count). The van der Waals surface area contributed by atoms with E-state index in [2.05, 4.69) is 74.2 Å². The molecule has 2 heterocycles. The van der Waals surface area contributed by atoms with Crippen LogP contribution < -0.4 is 9.47 Å². The maximum Gasteiger partial charge on any atom is 0.127 e. The molecule has 1 N–H and O–H groups in total. The molecule has 0 unspecified atom stereocenters. The highest BCUT2D eigenvalue weighted by Crippen LogP contribution is 2.53. The van der Waals surface area contributed by atoms with Crippen LogP contribution in [-0.2, 0) is 0 Å². The average molecular weight is 458 g/mol. The van der Waals surface area contributed by atoms with Crippen molar-refractivity contribution in [1.82, 2.24) is 4.90 Å². The Kier molecular flexibility index (Phi) is 6.26. The fourth-order valence-corrected chi connectivity index (χ4v) is 5.61. The van der Waals surface area contributed by atoms with E-state index in [-0.39, 0.29) is 17.6 Å². The average Bonchev–Trinajstić information content (AvgIpc) is 3.32. The van der Waals surface area contributed by atoms with Crippen LogP contribution in [0.1, 0.15) is 60.8 Å². The van der Waals surface area contributed by atoms with Crippen LogP contribution in [0.5, 0.6) is 17.2 Å². The maximum absolute atomic E-state index is 10.1. The van der Waals surface area contributed by atoms with E-state index in [4.69, 9.17) is 9.47 Å². The van der Waals surface area contributed by atoms with Gasteiger partial charge in [0, 0.05) is 30.0 Å². The molecule has 2 aliphatic rings. The maximum atomic E-state index is 10.1. The third-order valence-corrected chi connectivity index (χ3v) is 7.34. The van der Waals surface area contributed by atoms with Crippen molar-refractivity contribution in [3.8, 4) is 17.2 Å². The number of hydrogen-bond donors (Lipinski definition) is 1. The number of aromatic hydroxyl groups is 1. The monoisotopic (exact) mass is 457 g/mol. The van der Waals surface area contributed by atoms with Crippen molar-refractivity contribution >= 4 is 0 Å². The third kappa shape index (κ3) is 4.65. The first-order valence-electron chi connectivity index (χ1n) is 12.4. The summed E-state index contributed by atoms with van der Waals surface area (Å²) < 4.78 is 12.5. The van der Waals surface area contributed by atoms with Crippen molar-refractivity contribution in [2.75, 3.05) is 26.2 Å². The van der Waals surface area contributed by atoms with Gasteiger partial charge in [-0.05, 0) is 76.0 Å². The van der Waals surface area contributed by atoms with Crippen molar-refractivity contribution in [2.24, 2.45) is 0 Å². The van der Waals surface area contributed by atoms with Crippen molar-refractivity contribution in [3.05, 3.63) is 89.0 Å². The van der Waals surface area contributed by atoms with Crippen molar-refractivity contribution in [3.63, 3.8) is 0 Å². The van der Waals surface area contributed by atoms with Crippen LogP contribution in [0.25, 0.3) is 0 Å². The standard InChI is InChI=1S/C30H35NO3/c1-21-6-8-23(9-7-21)29-28(26-15-12-24(32)20-27(26)34-30(29,2)3)22-10-13-25(14-11-22)33-19-18-31-16-4-5-17-31/h6-15,20,28-29,32H,4-5,16-19H2,1-3H3/t28-,29+/m1/s1. The van der Waals surface area contributed by atoms with Crippen LogP contribution in [-0.4, -0.2) is 41.8 Å².